The molecule has 0 aliphatic heterocycles. The van der Waals surface area contributed by atoms with Crippen LogP contribution in [0.25, 0.3) is 10.9 Å². The Labute approximate surface area is 162 Å². The molecule has 1 aliphatic carbocycles. The van der Waals surface area contributed by atoms with Gasteiger partial charge in [0.2, 0.25) is 0 Å². The highest BCUT2D eigenvalue weighted by atomic mass is 79.9. The van der Waals surface area contributed by atoms with E-state index >= 15 is 0 Å². The summed E-state index contributed by atoms with van der Waals surface area (Å²) in [4.78, 5) is 24.0. The van der Waals surface area contributed by atoms with Gasteiger partial charge in [-0.3, -0.25) is 9.59 Å². The van der Waals surface area contributed by atoms with Crippen LogP contribution in [0.4, 0.5) is 0 Å². The summed E-state index contributed by atoms with van der Waals surface area (Å²) < 4.78 is 3.32. The zero-order valence-corrected chi connectivity index (χ0v) is 17.1. The van der Waals surface area contributed by atoms with Crippen molar-refractivity contribution >= 4 is 38.4 Å². The Morgan fingerprint density at radius 3 is 2.73 bits per heavy atom. The first-order valence-corrected chi connectivity index (χ1v) is 10.1. The van der Waals surface area contributed by atoms with Gasteiger partial charge in [0.1, 0.15) is 6.61 Å². The predicted molar refractivity (Wildman–Crippen MR) is 107 cm³/mol. The number of nitrogens with zero attached hydrogens (tertiary/aromatic N) is 1. The number of aliphatic hydroxyl groups is 1. The first-order chi connectivity index (χ1) is 12.3. The lowest BCUT2D eigenvalue weighted by molar-refractivity contribution is -0.121. The Bertz CT molecular complexity index is 851. The molecule has 0 fully saturated rings. The number of carbonyl (C=O) groups is 2. The average Bonchev–Trinajstić information content (AvgIpc) is 2.86. The fraction of sp³-hybridized carbons (Fsp3) is 0.524. The molecule has 0 bridgehead atoms. The Morgan fingerprint density at radius 2 is 2.00 bits per heavy atom. The normalized spacial score (nSPS) is 16.1. The van der Waals surface area contributed by atoms with Crippen LogP contribution < -0.4 is 0 Å². The highest BCUT2D eigenvalue weighted by Gasteiger charge is 2.35. The van der Waals surface area contributed by atoms with Crippen molar-refractivity contribution < 1.29 is 14.7 Å². The molecule has 0 radical (unpaired) electrons. The molecular formula is C21H26BrNO3. The van der Waals surface area contributed by atoms with Gasteiger partial charge in [-0.1, -0.05) is 42.3 Å². The van der Waals surface area contributed by atoms with Gasteiger partial charge < -0.3 is 9.67 Å². The highest BCUT2D eigenvalue weighted by Crippen LogP contribution is 2.40. The van der Waals surface area contributed by atoms with E-state index in [0.717, 1.165) is 58.9 Å². The minimum absolute atomic E-state index is 0.0129. The SMILES string of the molecule is CC1(C)CC(=O)c2c(n(CCCCCC(=O)CO)c3cc(Br)ccc23)C1. The number of halogens is 1. The lowest BCUT2D eigenvalue weighted by Gasteiger charge is -2.29. The molecule has 0 saturated heterocycles. The van der Waals surface area contributed by atoms with Gasteiger partial charge in [-0.15, -0.1) is 0 Å². The molecule has 0 unspecified atom stereocenters. The van der Waals surface area contributed by atoms with Gasteiger partial charge in [-0.2, -0.15) is 0 Å². The predicted octanol–water partition coefficient (Wildman–Crippen LogP) is 4.68. The zero-order chi connectivity index (χ0) is 18.9. The van der Waals surface area contributed by atoms with Gasteiger partial charge in [-0.25, -0.2) is 0 Å². The fourth-order valence-electron chi connectivity index (χ4n) is 4.01. The van der Waals surface area contributed by atoms with Gasteiger partial charge in [-0.05, 0) is 36.8 Å². The second-order valence-corrected chi connectivity index (χ2v) is 9.00. The summed E-state index contributed by atoms with van der Waals surface area (Å²) in [6.07, 6.45) is 4.64. The van der Waals surface area contributed by atoms with Gasteiger partial charge in [0.25, 0.3) is 0 Å². The molecule has 1 aromatic carbocycles. The van der Waals surface area contributed by atoms with Crippen LogP contribution in [-0.4, -0.2) is 27.8 Å². The van der Waals surface area contributed by atoms with Crippen molar-refractivity contribution in [2.45, 2.75) is 58.9 Å². The van der Waals surface area contributed by atoms with Crippen LogP contribution in [0.1, 0.15) is 62.0 Å². The van der Waals surface area contributed by atoms with Crippen molar-refractivity contribution in [2.24, 2.45) is 5.41 Å². The number of unbranched alkanes of at least 4 members (excludes halogenated alkanes) is 2. The first-order valence-electron chi connectivity index (χ1n) is 9.29. The molecule has 2 aromatic rings. The second-order valence-electron chi connectivity index (χ2n) is 8.08. The van der Waals surface area contributed by atoms with Gasteiger partial charge >= 0.3 is 0 Å². The fourth-order valence-corrected chi connectivity index (χ4v) is 4.36. The topological polar surface area (TPSA) is 59.3 Å². The standard InChI is InChI=1S/C21H26BrNO3/c1-21(2)11-18-20(19(26)12-21)16-8-7-14(22)10-17(16)23(18)9-5-3-4-6-15(25)13-24/h7-8,10,24H,3-6,9,11-13H2,1-2H3. The monoisotopic (exact) mass is 419 g/mol. The molecule has 1 heterocycles. The van der Waals surface area contributed by atoms with Crippen molar-refractivity contribution in [2.75, 3.05) is 6.61 Å². The molecule has 140 valence electrons. The molecule has 0 atom stereocenters. The Kier molecular flexibility index (Phi) is 5.68. The van der Waals surface area contributed by atoms with Crippen LogP contribution in [0, 0.1) is 5.41 Å². The third-order valence-electron chi connectivity index (χ3n) is 5.21. The van der Waals surface area contributed by atoms with Gasteiger partial charge in [0.05, 0.1) is 5.52 Å². The number of aliphatic hydroxyl groups excluding tert-OH is 1. The van der Waals surface area contributed by atoms with E-state index in [9.17, 15) is 9.59 Å². The lowest BCUT2D eigenvalue weighted by atomic mass is 9.75. The summed E-state index contributed by atoms with van der Waals surface area (Å²) in [5.41, 5.74) is 3.16. The smallest absolute Gasteiger partial charge is 0.165 e. The summed E-state index contributed by atoms with van der Waals surface area (Å²) in [5, 5.41) is 9.86. The quantitative estimate of drug-likeness (QED) is 0.662. The molecular weight excluding hydrogens is 394 g/mol. The third-order valence-corrected chi connectivity index (χ3v) is 5.71. The van der Waals surface area contributed by atoms with Crippen LogP contribution in [-0.2, 0) is 17.8 Å². The number of benzene rings is 1. The zero-order valence-electron chi connectivity index (χ0n) is 15.5. The van der Waals surface area contributed by atoms with E-state index in [2.05, 4.69) is 40.4 Å². The molecule has 5 heteroatoms. The molecule has 0 amide bonds. The molecule has 4 nitrogen and oxygen atoms in total. The third kappa shape index (κ3) is 3.94. The second kappa shape index (κ2) is 7.65. The number of rotatable bonds is 7. The number of carbonyl (C=O) groups excluding carboxylic acids is 2. The summed E-state index contributed by atoms with van der Waals surface area (Å²) in [6.45, 7) is 4.80. The van der Waals surface area contributed by atoms with Crippen LogP contribution in [0.2, 0.25) is 0 Å². The van der Waals surface area contributed by atoms with Gasteiger partial charge in [0.15, 0.2) is 11.6 Å². The van der Waals surface area contributed by atoms with Crippen molar-refractivity contribution in [1.82, 2.24) is 4.57 Å². The minimum atomic E-state index is -0.360. The maximum Gasteiger partial charge on any atom is 0.165 e. The van der Waals surface area contributed by atoms with Crippen molar-refractivity contribution in [1.29, 1.82) is 0 Å². The largest absolute Gasteiger partial charge is 0.389 e. The van der Waals surface area contributed by atoms with Gasteiger partial charge in [0, 0.05) is 40.5 Å². The number of fused-ring (bicyclic) bond motifs is 3. The summed E-state index contributed by atoms with van der Waals surface area (Å²) >= 11 is 3.55. The molecule has 26 heavy (non-hydrogen) atoms. The van der Waals surface area contributed by atoms with Crippen molar-refractivity contribution in [3.05, 3.63) is 33.9 Å². The van der Waals surface area contributed by atoms with E-state index in [-0.39, 0.29) is 23.6 Å². The van der Waals surface area contributed by atoms with E-state index in [4.69, 9.17) is 5.11 Å². The van der Waals surface area contributed by atoms with Crippen LogP contribution in [0.3, 0.4) is 0 Å². The average molecular weight is 420 g/mol. The maximum absolute atomic E-state index is 12.8. The van der Waals surface area contributed by atoms with Crippen LogP contribution in [0.15, 0.2) is 22.7 Å². The van der Waals surface area contributed by atoms with Crippen LogP contribution in [0.5, 0.6) is 0 Å². The minimum Gasteiger partial charge on any atom is -0.389 e. The molecule has 0 spiro atoms. The number of ketones is 2. The highest BCUT2D eigenvalue weighted by molar-refractivity contribution is 9.10. The number of aryl methyl sites for hydroxylation is 1. The molecule has 1 N–H and O–H groups in total. The Hall–Kier alpha value is -1.46. The van der Waals surface area contributed by atoms with Crippen molar-refractivity contribution in [3.8, 4) is 0 Å². The maximum atomic E-state index is 12.8. The van der Waals surface area contributed by atoms with E-state index in [1.807, 2.05) is 12.1 Å². The van der Waals surface area contributed by atoms with Crippen molar-refractivity contribution in [3.63, 3.8) is 0 Å². The van der Waals surface area contributed by atoms with E-state index in [1.165, 1.54) is 0 Å². The van der Waals surface area contributed by atoms with Crippen LogP contribution >= 0.6 is 15.9 Å². The number of aromatic nitrogens is 1. The first kappa shape index (κ1) is 19.3. The Morgan fingerprint density at radius 1 is 1.23 bits per heavy atom. The molecule has 3 rings (SSSR count). The number of hydrogen-bond donors (Lipinski definition) is 1. The molecule has 1 aliphatic rings. The number of hydrogen-bond acceptors (Lipinski definition) is 3. The van der Waals surface area contributed by atoms with E-state index in [1.54, 1.807) is 0 Å². The summed E-state index contributed by atoms with van der Waals surface area (Å²) in [5.74, 6) is 0.154. The summed E-state index contributed by atoms with van der Waals surface area (Å²) in [6, 6.07) is 6.15. The molecule has 1 aromatic heterocycles. The molecule has 0 saturated carbocycles. The Balaban J connectivity index is 1.88. The summed E-state index contributed by atoms with van der Waals surface area (Å²) in [7, 11) is 0. The van der Waals surface area contributed by atoms with E-state index < -0.39 is 0 Å². The lowest BCUT2D eigenvalue weighted by Crippen LogP contribution is -2.28. The van der Waals surface area contributed by atoms with E-state index in [0.29, 0.717) is 12.8 Å². The number of Topliss-reactive ketones (excluding diaryl/α,β-unsaturated/α-hetero) is 2.